The van der Waals surface area contributed by atoms with Crippen LogP contribution in [-0.4, -0.2) is 17.5 Å². The molecule has 0 spiro atoms. The van der Waals surface area contributed by atoms with Crippen molar-refractivity contribution in [2.24, 2.45) is 4.99 Å². The van der Waals surface area contributed by atoms with Crippen molar-refractivity contribution < 1.29 is 8.83 Å². The van der Waals surface area contributed by atoms with Crippen LogP contribution in [0.25, 0.3) is 11.5 Å². The minimum absolute atomic E-state index is 0.0127. The molecule has 6 heteroatoms. The monoisotopic (exact) mass is 352 g/mol. The van der Waals surface area contributed by atoms with Crippen molar-refractivity contribution in [2.75, 3.05) is 6.54 Å². The maximum atomic E-state index is 5.67. The summed E-state index contributed by atoms with van der Waals surface area (Å²) in [6, 6.07) is 13.8. The molecule has 3 rings (SSSR count). The number of oxazole rings is 1. The van der Waals surface area contributed by atoms with Crippen molar-refractivity contribution in [3.05, 3.63) is 65.9 Å². The molecule has 3 aromatic rings. The molecule has 26 heavy (non-hydrogen) atoms. The molecule has 0 radical (unpaired) electrons. The summed E-state index contributed by atoms with van der Waals surface area (Å²) in [5.74, 6) is 3.08. The average Bonchev–Trinajstić information content (AvgIpc) is 3.30. The number of hydrogen-bond acceptors (Lipinski definition) is 4. The lowest BCUT2D eigenvalue weighted by Gasteiger charge is -2.15. The van der Waals surface area contributed by atoms with Gasteiger partial charge in [-0.3, -0.25) is 0 Å². The SMILES string of the molecule is CCNC(=NCc1coc(-c2ccccc2)n1)NC(C)c1ccc(C)o1. The summed E-state index contributed by atoms with van der Waals surface area (Å²) in [5.41, 5.74) is 1.73. The van der Waals surface area contributed by atoms with Gasteiger partial charge in [0.1, 0.15) is 23.5 Å². The van der Waals surface area contributed by atoms with Crippen LogP contribution in [0.1, 0.15) is 37.1 Å². The van der Waals surface area contributed by atoms with Gasteiger partial charge in [0.05, 0.1) is 12.6 Å². The van der Waals surface area contributed by atoms with Crippen LogP contribution in [0.2, 0.25) is 0 Å². The zero-order valence-electron chi connectivity index (χ0n) is 15.3. The summed E-state index contributed by atoms with van der Waals surface area (Å²) < 4.78 is 11.2. The van der Waals surface area contributed by atoms with E-state index in [9.17, 15) is 0 Å². The Balaban J connectivity index is 1.66. The van der Waals surface area contributed by atoms with Crippen molar-refractivity contribution in [1.82, 2.24) is 15.6 Å². The lowest BCUT2D eigenvalue weighted by Crippen LogP contribution is -2.38. The molecule has 0 fully saturated rings. The van der Waals surface area contributed by atoms with E-state index in [1.54, 1.807) is 6.26 Å². The van der Waals surface area contributed by atoms with E-state index < -0.39 is 0 Å². The van der Waals surface area contributed by atoms with Crippen LogP contribution in [0.4, 0.5) is 0 Å². The Bertz CT molecular complexity index is 852. The van der Waals surface area contributed by atoms with Gasteiger partial charge in [0.25, 0.3) is 0 Å². The first-order valence-electron chi connectivity index (χ1n) is 8.76. The van der Waals surface area contributed by atoms with Crippen LogP contribution < -0.4 is 10.6 Å². The van der Waals surface area contributed by atoms with Gasteiger partial charge < -0.3 is 19.5 Å². The minimum atomic E-state index is 0.0127. The second-order valence-corrected chi connectivity index (χ2v) is 6.02. The zero-order chi connectivity index (χ0) is 18.4. The standard InChI is InChI=1S/C20H24N4O2/c1-4-21-20(23-15(3)18-11-10-14(2)26-18)22-12-17-13-25-19(24-17)16-8-6-5-7-9-16/h5-11,13,15H,4,12H2,1-3H3,(H2,21,22,23). The molecule has 1 unspecified atom stereocenters. The Kier molecular flexibility index (Phi) is 5.73. The van der Waals surface area contributed by atoms with Gasteiger partial charge in [-0.2, -0.15) is 0 Å². The van der Waals surface area contributed by atoms with Gasteiger partial charge in [-0.25, -0.2) is 9.98 Å². The first kappa shape index (κ1) is 17.8. The molecule has 2 aromatic heterocycles. The van der Waals surface area contributed by atoms with Crippen molar-refractivity contribution in [3.8, 4) is 11.5 Å². The topological polar surface area (TPSA) is 75.6 Å². The molecule has 0 saturated heterocycles. The largest absolute Gasteiger partial charge is 0.464 e. The molecular formula is C20H24N4O2. The molecule has 1 atom stereocenters. The van der Waals surface area contributed by atoms with Gasteiger partial charge in [-0.05, 0) is 45.0 Å². The van der Waals surface area contributed by atoms with Crippen molar-refractivity contribution in [3.63, 3.8) is 0 Å². The van der Waals surface area contributed by atoms with Crippen LogP contribution in [0.3, 0.4) is 0 Å². The van der Waals surface area contributed by atoms with E-state index in [1.807, 2.05) is 63.2 Å². The number of aryl methyl sites for hydroxylation is 1. The van der Waals surface area contributed by atoms with E-state index in [-0.39, 0.29) is 6.04 Å². The third-order valence-corrected chi connectivity index (χ3v) is 3.86. The molecule has 136 valence electrons. The van der Waals surface area contributed by atoms with E-state index in [4.69, 9.17) is 8.83 Å². The summed E-state index contributed by atoms with van der Waals surface area (Å²) in [6.45, 7) is 7.20. The zero-order valence-corrected chi connectivity index (χ0v) is 15.3. The Morgan fingerprint density at radius 2 is 2.00 bits per heavy atom. The predicted octanol–water partition coefficient (Wildman–Crippen LogP) is 4.06. The number of aliphatic imine (C=N–C) groups is 1. The summed E-state index contributed by atoms with van der Waals surface area (Å²) >= 11 is 0. The smallest absolute Gasteiger partial charge is 0.226 e. The Hall–Kier alpha value is -3.02. The molecule has 1 aromatic carbocycles. The van der Waals surface area contributed by atoms with Gasteiger partial charge in [0.2, 0.25) is 5.89 Å². The minimum Gasteiger partial charge on any atom is -0.464 e. The van der Waals surface area contributed by atoms with E-state index in [0.29, 0.717) is 18.4 Å². The van der Waals surface area contributed by atoms with Gasteiger partial charge in [0.15, 0.2) is 5.96 Å². The Morgan fingerprint density at radius 1 is 1.19 bits per heavy atom. The first-order valence-corrected chi connectivity index (χ1v) is 8.76. The summed E-state index contributed by atoms with van der Waals surface area (Å²) in [5, 5.41) is 6.58. The van der Waals surface area contributed by atoms with Gasteiger partial charge >= 0.3 is 0 Å². The van der Waals surface area contributed by atoms with Crippen LogP contribution in [-0.2, 0) is 6.54 Å². The number of aromatic nitrogens is 1. The highest BCUT2D eigenvalue weighted by Gasteiger charge is 2.12. The lowest BCUT2D eigenvalue weighted by molar-refractivity contribution is 0.441. The highest BCUT2D eigenvalue weighted by Crippen LogP contribution is 2.18. The fourth-order valence-electron chi connectivity index (χ4n) is 2.54. The number of hydrogen-bond donors (Lipinski definition) is 2. The third kappa shape index (κ3) is 4.53. The molecule has 0 amide bonds. The third-order valence-electron chi connectivity index (χ3n) is 3.86. The van der Waals surface area contributed by atoms with Gasteiger partial charge in [-0.15, -0.1) is 0 Å². The normalized spacial score (nSPS) is 12.8. The van der Waals surface area contributed by atoms with E-state index in [2.05, 4.69) is 20.6 Å². The summed E-state index contributed by atoms with van der Waals surface area (Å²) in [4.78, 5) is 9.10. The lowest BCUT2D eigenvalue weighted by atomic mass is 10.2. The first-order chi connectivity index (χ1) is 12.7. The molecule has 0 aliphatic rings. The van der Waals surface area contributed by atoms with E-state index in [1.165, 1.54) is 0 Å². The predicted molar refractivity (Wildman–Crippen MR) is 102 cm³/mol. The molecule has 2 heterocycles. The number of nitrogens with zero attached hydrogens (tertiary/aromatic N) is 2. The maximum Gasteiger partial charge on any atom is 0.226 e. The average molecular weight is 352 g/mol. The Labute approximate surface area is 153 Å². The number of benzene rings is 1. The second kappa shape index (κ2) is 8.38. The quantitative estimate of drug-likeness (QED) is 0.517. The fourth-order valence-corrected chi connectivity index (χ4v) is 2.54. The molecule has 2 N–H and O–H groups in total. The van der Waals surface area contributed by atoms with Crippen LogP contribution in [0.15, 0.2) is 62.6 Å². The number of guanidine groups is 1. The number of rotatable bonds is 6. The van der Waals surface area contributed by atoms with Gasteiger partial charge in [0, 0.05) is 12.1 Å². The molecular weight excluding hydrogens is 328 g/mol. The molecule has 6 nitrogen and oxygen atoms in total. The number of nitrogens with one attached hydrogen (secondary N) is 2. The summed E-state index contributed by atoms with van der Waals surface area (Å²) in [6.07, 6.45) is 1.65. The van der Waals surface area contributed by atoms with E-state index >= 15 is 0 Å². The molecule has 0 bridgehead atoms. The number of furan rings is 1. The molecule has 0 saturated carbocycles. The maximum absolute atomic E-state index is 5.67. The molecule has 0 aliphatic heterocycles. The van der Waals surface area contributed by atoms with Crippen molar-refractivity contribution in [1.29, 1.82) is 0 Å². The molecule has 0 aliphatic carbocycles. The van der Waals surface area contributed by atoms with E-state index in [0.717, 1.165) is 29.3 Å². The fraction of sp³-hybridized carbons (Fsp3) is 0.300. The highest BCUT2D eigenvalue weighted by atomic mass is 16.3. The highest BCUT2D eigenvalue weighted by molar-refractivity contribution is 5.80. The Morgan fingerprint density at radius 3 is 2.69 bits per heavy atom. The van der Waals surface area contributed by atoms with Crippen molar-refractivity contribution in [2.45, 2.75) is 33.4 Å². The van der Waals surface area contributed by atoms with Crippen LogP contribution >= 0.6 is 0 Å². The second-order valence-electron chi connectivity index (χ2n) is 6.02. The van der Waals surface area contributed by atoms with Gasteiger partial charge in [-0.1, -0.05) is 18.2 Å². The summed E-state index contributed by atoms with van der Waals surface area (Å²) in [7, 11) is 0. The van der Waals surface area contributed by atoms with Crippen LogP contribution in [0, 0.1) is 6.92 Å². The van der Waals surface area contributed by atoms with Crippen molar-refractivity contribution >= 4 is 5.96 Å². The van der Waals surface area contributed by atoms with Crippen LogP contribution in [0.5, 0.6) is 0 Å².